The molecule has 2 rings (SSSR count). The van der Waals surface area contributed by atoms with Crippen molar-refractivity contribution in [1.29, 1.82) is 0 Å². The van der Waals surface area contributed by atoms with Gasteiger partial charge in [-0.3, -0.25) is 4.79 Å². The quantitative estimate of drug-likeness (QED) is 0.199. The number of aromatic nitrogens is 1. The second-order valence-electron chi connectivity index (χ2n) is 9.13. The van der Waals surface area contributed by atoms with Crippen LogP contribution in [0.15, 0.2) is 90.6 Å². The zero-order valence-electron chi connectivity index (χ0n) is 21.7. The van der Waals surface area contributed by atoms with Crippen LogP contribution < -0.4 is 10.6 Å². The summed E-state index contributed by atoms with van der Waals surface area (Å²) < 4.78 is 0. The maximum absolute atomic E-state index is 12.7. The number of hydrogen-bond donors (Lipinski definition) is 2. The Morgan fingerprint density at radius 3 is 2.58 bits per heavy atom. The molecule has 1 aliphatic rings. The predicted molar refractivity (Wildman–Crippen MR) is 158 cm³/mol. The van der Waals surface area contributed by atoms with E-state index in [1.165, 1.54) is 0 Å². The third-order valence-electron chi connectivity index (χ3n) is 5.79. The van der Waals surface area contributed by atoms with Crippen LogP contribution in [0.2, 0.25) is 0 Å². The molecule has 0 saturated carbocycles. The van der Waals surface area contributed by atoms with Crippen molar-refractivity contribution in [2.75, 3.05) is 19.6 Å². The number of rotatable bonds is 11. The summed E-state index contributed by atoms with van der Waals surface area (Å²) in [7, 11) is 0. The van der Waals surface area contributed by atoms with E-state index >= 15 is 0 Å². The molecule has 1 fully saturated rings. The lowest BCUT2D eigenvalue weighted by atomic mass is 9.98. The second kappa shape index (κ2) is 14.5. The first-order chi connectivity index (χ1) is 17.1. The van der Waals surface area contributed by atoms with E-state index in [1.807, 2.05) is 37.5 Å². The minimum atomic E-state index is -0.243. The Kier molecular flexibility index (Phi) is 11.8. The fourth-order valence-electron chi connectivity index (χ4n) is 3.63. The lowest BCUT2D eigenvalue weighted by Gasteiger charge is -2.33. The Hall–Kier alpha value is -3.03. The van der Waals surface area contributed by atoms with Crippen LogP contribution >= 0.6 is 23.6 Å². The minimum Gasteiger partial charge on any atom is -0.359 e. The van der Waals surface area contributed by atoms with Crippen LogP contribution in [0.4, 0.5) is 0 Å². The summed E-state index contributed by atoms with van der Waals surface area (Å²) in [5, 5.41) is 9.68. The Morgan fingerprint density at radius 2 is 1.94 bits per heavy atom. The van der Waals surface area contributed by atoms with E-state index in [1.54, 1.807) is 23.5 Å². The first-order valence-corrected chi connectivity index (χ1v) is 13.4. The molecule has 1 aromatic rings. The molecule has 1 unspecified atom stereocenters. The summed E-state index contributed by atoms with van der Waals surface area (Å²) >= 11 is 7.03. The normalized spacial score (nSPS) is 15.6. The van der Waals surface area contributed by atoms with Gasteiger partial charge >= 0.3 is 0 Å². The number of carbonyl (C=O) groups is 1. The number of piperidine rings is 1. The molecule has 192 valence electrons. The monoisotopic (exact) mass is 522 g/mol. The average Bonchev–Trinajstić information content (AvgIpc) is 3.35. The molecule has 5 nitrogen and oxygen atoms in total. The van der Waals surface area contributed by atoms with Crippen LogP contribution in [0.25, 0.3) is 0 Å². The van der Waals surface area contributed by atoms with Gasteiger partial charge < -0.3 is 15.5 Å². The van der Waals surface area contributed by atoms with E-state index in [9.17, 15) is 4.79 Å². The zero-order chi connectivity index (χ0) is 26.7. The lowest BCUT2D eigenvalue weighted by molar-refractivity contribution is 0.0963. The summed E-state index contributed by atoms with van der Waals surface area (Å²) in [6, 6.07) is 0. The first kappa shape index (κ1) is 29.2. The molecule has 2 N–H and O–H groups in total. The summed E-state index contributed by atoms with van der Waals surface area (Å²) in [6.07, 6.45) is 13.3. The van der Waals surface area contributed by atoms with Crippen molar-refractivity contribution in [2.45, 2.75) is 39.5 Å². The predicted octanol–water partition coefficient (Wildman–Crippen LogP) is 6.45. The number of carbonyl (C=O) groups excluding carboxylic acids is 1. The summed E-state index contributed by atoms with van der Waals surface area (Å²) in [6.45, 7) is 24.1. The van der Waals surface area contributed by atoms with Crippen LogP contribution in [0.5, 0.6) is 0 Å². The fourth-order valence-corrected chi connectivity index (χ4v) is 4.86. The van der Waals surface area contributed by atoms with Gasteiger partial charge in [0.05, 0.1) is 5.01 Å². The van der Waals surface area contributed by atoms with Gasteiger partial charge in [0.1, 0.15) is 5.69 Å². The molecular formula is C29H38N4OS2. The lowest BCUT2D eigenvalue weighted by Crippen LogP contribution is -2.44. The van der Waals surface area contributed by atoms with Crippen molar-refractivity contribution in [1.82, 2.24) is 20.5 Å². The van der Waals surface area contributed by atoms with Gasteiger partial charge in [0.25, 0.3) is 5.91 Å². The Morgan fingerprint density at radius 1 is 1.25 bits per heavy atom. The summed E-state index contributed by atoms with van der Waals surface area (Å²) in [5.74, 6) is 0.288. The molecule has 1 atom stereocenters. The molecule has 1 saturated heterocycles. The van der Waals surface area contributed by atoms with Gasteiger partial charge in [-0.1, -0.05) is 74.8 Å². The molecular weight excluding hydrogens is 484 g/mol. The van der Waals surface area contributed by atoms with Crippen molar-refractivity contribution in [3.63, 3.8) is 0 Å². The fraction of sp³-hybridized carbons (Fsp3) is 0.345. The molecule has 7 heteroatoms. The number of hydrogen-bond acceptors (Lipinski definition) is 4. The Bertz CT molecular complexity index is 1080. The van der Waals surface area contributed by atoms with E-state index in [2.05, 4.69) is 59.8 Å². The molecule has 0 spiro atoms. The van der Waals surface area contributed by atoms with Crippen LogP contribution in [-0.4, -0.2) is 40.5 Å². The van der Waals surface area contributed by atoms with Crippen molar-refractivity contribution in [3.8, 4) is 0 Å². The molecule has 0 aromatic carbocycles. The van der Waals surface area contributed by atoms with Crippen LogP contribution in [0.3, 0.4) is 0 Å². The van der Waals surface area contributed by atoms with Gasteiger partial charge in [0.2, 0.25) is 0 Å². The molecule has 2 heterocycles. The third-order valence-corrected chi connectivity index (χ3v) is 7.20. The van der Waals surface area contributed by atoms with Gasteiger partial charge in [-0.25, -0.2) is 4.98 Å². The van der Waals surface area contributed by atoms with Crippen molar-refractivity contribution in [3.05, 3.63) is 101 Å². The van der Waals surface area contributed by atoms with Crippen LogP contribution in [-0.2, 0) is 0 Å². The van der Waals surface area contributed by atoms with E-state index in [4.69, 9.17) is 12.2 Å². The highest BCUT2D eigenvalue weighted by molar-refractivity contribution is 7.80. The number of thiazole rings is 1. The molecule has 1 amide bonds. The maximum atomic E-state index is 12.7. The van der Waals surface area contributed by atoms with Gasteiger partial charge in [-0.15, -0.1) is 11.3 Å². The number of nitrogens with zero attached hydrogens (tertiary/aromatic N) is 2. The number of thiocarbonyl (C=S) groups is 1. The third kappa shape index (κ3) is 9.55. The van der Waals surface area contributed by atoms with Gasteiger partial charge in [0.15, 0.2) is 5.11 Å². The second-order valence-corrected chi connectivity index (χ2v) is 10.4. The van der Waals surface area contributed by atoms with Gasteiger partial charge in [-0.05, 0) is 56.5 Å². The number of allylic oxidation sites excluding steroid dienone is 8. The molecule has 0 bridgehead atoms. The van der Waals surface area contributed by atoms with Crippen molar-refractivity contribution in [2.24, 2.45) is 5.92 Å². The SMILES string of the molecule is C=C/C=C\C(=C)C(C)/C=C(C)\C=C/C(=C)NC(=O)c1csc(C2CCN(C(=S)NCC(=C)C)CC2)n1. The smallest absolute Gasteiger partial charge is 0.275 e. The first-order valence-electron chi connectivity index (χ1n) is 12.1. The average molecular weight is 523 g/mol. The molecule has 0 aliphatic carbocycles. The highest BCUT2D eigenvalue weighted by Crippen LogP contribution is 2.30. The number of likely N-dealkylation sites (tertiary alicyclic amines) is 1. The number of nitrogens with one attached hydrogen (secondary N) is 2. The highest BCUT2D eigenvalue weighted by atomic mass is 32.1. The topological polar surface area (TPSA) is 57.3 Å². The van der Waals surface area contributed by atoms with E-state index in [0.29, 0.717) is 23.9 Å². The highest BCUT2D eigenvalue weighted by Gasteiger charge is 2.25. The van der Waals surface area contributed by atoms with E-state index < -0.39 is 0 Å². The standard InChI is InChI=1S/C29H38N4OS2/c1-8-9-10-22(5)23(6)17-21(4)11-12-24(7)31-27(34)26-19-36-28(32-26)25-13-15-33(16-14-25)29(35)30-18-20(2)3/h8-12,17,19,23,25H,1-2,5,7,13-16,18H2,3-4,6H3,(H,30,35)(H,31,34)/b10-9-,12-11-,21-17-. The van der Waals surface area contributed by atoms with Crippen molar-refractivity contribution >= 4 is 34.6 Å². The summed E-state index contributed by atoms with van der Waals surface area (Å²) in [5.41, 5.74) is 4.06. The Labute approximate surface area is 225 Å². The zero-order valence-corrected chi connectivity index (χ0v) is 23.3. The molecule has 36 heavy (non-hydrogen) atoms. The van der Waals surface area contributed by atoms with Crippen molar-refractivity contribution < 1.29 is 4.79 Å². The van der Waals surface area contributed by atoms with E-state index in [0.717, 1.165) is 52.8 Å². The van der Waals surface area contributed by atoms with Crippen LogP contribution in [0.1, 0.15) is 55.0 Å². The largest absolute Gasteiger partial charge is 0.359 e. The molecule has 1 aromatic heterocycles. The Balaban J connectivity index is 1.86. The van der Waals surface area contributed by atoms with Gasteiger partial charge in [0, 0.05) is 36.6 Å². The molecule has 0 radical (unpaired) electrons. The maximum Gasteiger partial charge on any atom is 0.275 e. The van der Waals surface area contributed by atoms with E-state index in [-0.39, 0.29) is 11.8 Å². The van der Waals surface area contributed by atoms with Crippen LogP contribution in [0, 0.1) is 5.92 Å². The summed E-state index contributed by atoms with van der Waals surface area (Å²) in [4.78, 5) is 19.5. The number of amides is 1. The van der Waals surface area contributed by atoms with Gasteiger partial charge in [-0.2, -0.15) is 0 Å². The molecule has 1 aliphatic heterocycles. The minimum absolute atomic E-state index is 0.192.